The summed E-state index contributed by atoms with van der Waals surface area (Å²) in [6.07, 6.45) is 3.86. The van der Waals surface area contributed by atoms with Gasteiger partial charge in [0, 0.05) is 15.9 Å². The molecule has 0 unspecified atom stereocenters. The van der Waals surface area contributed by atoms with Gasteiger partial charge in [0.15, 0.2) is 0 Å². The Bertz CT molecular complexity index is 527. The highest BCUT2D eigenvalue weighted by atomic mass is 79.9. The van der Waals surface area contributed by atoms with Gasteiger partial charge in [-0.05, 0) is 31.0 Å². The van der Waals surface area contributed by atoms with Crippen molar-refractivity contribution in [2.45, 2.75) is 36.1 Å². The Balaban J connectivity index is 2.27. The molecule has 1 fully saturated rings. The maximum Gasteiger partial charge on any atom is 0.241 e. The molecule has 0 atom stereocenters. The predicted octanol–water partition coefficient (Wildman–Crippen LogP) is 3.33. The molecule has 1 aliphatic carbocycles. The van der Waals surface area contributed by atoms with E-state index < -0.39 is 10.0 Å². The Kier molecular flexibility index (Phi) is 4.36. The van der Waals surface area contributed by atoms with Crippen molar-refractivity contribution >= 4 is 37.6 Å². The summed E-state index contributed by atoms with van der Waals surface area (Å²) in [5.41, 5.74) is -0.346. The quantitative estimate of drug-likeness (QED) is 0.845. The third kappa shape index (κ3) is 3.07. The summed E-state index contributed by atoms with van der Waals surface area (Å²) >= 11 is 9.25. The molecule has 0 spiro atoms. The molecule has 1 aromatic rings. The number of hydrogen-bond acceptors (Lipinski definition) is 2. The molecule has 0 radical (unpaired) electrons. The highest BCUT2D eigenvalue weighted by Gasteiger charge is 2.37. The first-order valence-corrected chi connectivity index (χ1v) is 8.81. The zero-order valence-electron chi connectivity index (χ0n) is 9.83. The van der Waals surface area contributed by atoms with Gasteiger partial charge in [-0.25, -0.2) is 13.1 Å². The number of alkyl halides is 1. The lowest BCUT2D eigenvalue weighted by atomic mass is 10.0. The third-order valence-corrected chi connectivity index (χ3v) is 6.16. The lowest BCUT2D eigenvalue weighted by Crippen LogP contribution is -2.47. The van der Waals surface area contributed by atoms with Crippen molar-refractivity contribution in [1.29, 1.82) is 0 Å². The summed E-state index contributed by atoms with van der Waals surface area (Å²) in [5.74, 6) is 0. The van der Waals surface area contributed by atoms with E-state index in [9.17, 15) is 8.42 Å². The molecule has 3 nitrogen and oxygen atoms in total. The Morgan fingerprint density at radius 3 is 2.56 bits per heavy atom. The van der Waals surface area contributed by atoms with E-state index >= 15 is 0 Å². The summed E-state index contributed by atoms with van der Waals surface area (Å²) < 4.78 is 27.5. The Labute approximate surface area is 121 Å². The van der Waals surface area contributed by atoms with Gasteiger partial charge < -0.3 is 0 Å². The second-order valence-electron chi connectivity index (χ2n) is 4.68. The zero-order chi connectivity index (χ0) is 13.2. The molecule has 1 aliphatic rings. The van der Waals surface area contributed by atoms with E-state index in [-0.39, 0.29) is 10.4 Å². The van der Waals surface area contributed by atoms with Crippen LogP contribution in [0.25, 0.3) is 0 Å². The molecule has 0 aliphatic heterocycles. The maximum absolute atomic E-state index is 12.3. The molecular weight excluding hydrogens is 338 g/mol. The first-order chi connectivity index (χ1) is 8.47. The van der Waals surface area contributed by atoms with Crippen LogP contribution in [0.3, 0.4) is 0 Å². The van der Waals surface area contributed by atoms with E-state index in [4.69, 9.17) is 11.6 Å². The fraction of sp³-hybridized carbons (Fsp3) is 0.500. The van der Waals surface area contributed by atoms with Crippen LogP contribution >= 0.6 is 27.5 Å². The van der Waals surface area contributed by atoms with Gasteiger partial charge in [0.05, 0.1) is 4.90 Å². The number of sulfonamides is 1. The monoisotopic (exact) mass is 351 g/mol. The Morgan fingerprint density at radius 2 is 2.00 bits per heavy atom. The van der Waals surface area contributed by atoms with Crippen molar-refractivity contribution in [1.82, 2.24) is 4.72 Å². The zero-order valence-corrected chi connectivity index (χ0v) is 13.0. The number of hydrogen-bond donors (Lipinski definition) is 1. The van der Waals surface area contributed by atoms with Gasteiger partial charge in [0.2, 0.25) is 10.0 Å². The van der Waals surface area contributed by atoms with Crippen LogP contribution in [0.2, 0.25) is 5.02 Å². The van der Waals surface area contributed by atoms with E-state index in [1.807, 2.05) is 0 Å². The molecular formula is C12H15BrClNO2S. The summed E-state index contributed by atoms with van der Waals surface area (Å²) in [5, 5.41) is 1.07. The summed E-state index contributed by atoms with van der Waals surface area (Å²) in [6, 6.07) is 6.34. The van der Waals surface area contributed by atoms with E-state index in [1.165, 1.54) is 6.07 Å². The Morgan fingerprint density at radius 1 is 1.33 bits per heavy atom. The van der Waals surface area contributed by atoms with Crippen LogP contribution in [0.4, 0.5) is 0 Å². The Hall–Kier alpha value is -0.100. The fourth-order valence-electron chi connectivity index (χ4n) is 2.29. The van der Waals surface area contributed by atoms with Crippen LogP contribution in [-0.2, 0) is 10.0 Å². The van der Waals surface area contributed by atoms with Crippen LogP contribution in [-0.4, -0.2) is 19.3 Å². The lowest BCUT2D eigenvalue weighted by molar-refractivity contribution is 0.438. The first kappa shape index (κ1) is 14.3. The van der Waals surface area contributed by atoms with E-state index in [2.05, 4.69) is 20.7 Å². The predicted molar refractivity (Wildman–Crippen MR) is 76.8 cm³/mol. The van der Waals surface area contributed by atoms with Crippen LogP contribution in [0.1, 0.15) is 25.7 Å². The normalized spacial score (nSPS) is 19.0. The molecule has 0 bridgehead atoms. The molecule has 6 heteroatoms. The van der Waals surface area contributed by atoms with Crippen LogP contribution in [0, 0.1) is 0 Å². The van der Waals surface area contributed by atoms with Crippen molar-refractivity contribution in [2.75, 3.05) is 5.33 Å². The maximum atomic E-state index is 12.3. The number of nitrogens with one attached hydrogen (secondary N) is 1. The minimum absolute atomic E-state index is 0.224. The highest BCUT2D eigenvalue weighted by Crippen LogP contribution is 2.33. The van der Waals surface area contributed by atoms with Crippen molar-refractivity contribution in [3.8, 4) is 0 Å². The lowest BCUT2D eigenvalue weighted by Gasteiger charge is -2.27. The summed E-state index contributed by atoms with van der Waals surface area (Å²) in [4.78, 5) is 0.224. The molecule has 1 aromatic carbocycles. The molecule has 0 amide bonds. The van der Waals surface area contributed by atoms with Gasteiger partial charge in [-0.2, -0.15) is 0 Å². The molecule has 1 N–H and O–H groups in total. The second kappa shape index (κ2) is 5.49. The van der Waals surface area contributed by atoms with Gasteiger partial charge in [-0.15, -0.1) is 0 Å². The average molecular weight is 353 g/mol. The van der Waals surface area contributed by atoms with Crippen molar-refractivity contribution < 1.29 is 8.42 Å². The van der Waals surface area contributed by atoms with Crippen LogP contribution in [0.15, 0.2) is 29.2 Å². The summed E-state index contributed by atoms with van der Waals surface area (Å²) in [7, 11) is -3.50. The topological polar surface area (TPSA) is 46.2 Å². The number of halogens is 2. The largest absolute Gasteiger partial charge is 0.241 e. The van der Waals surface area contributed by atoms with Gasteiger partial charge in [-0.3, -0.25) is 0 Å². The first-order valence-electron chi connectivity index (χ1n) is 5.83. The van der Waals surface area contributed by atoms with Crippen LogP contribution in [0.5, 0.6) is 0 Å². The molecule has 2 rings (SSSR count). The standard InChI is InChI=1S/C12H15BrClNO2S/c13-9-12(6-1-2-7-12)15-18(16,17)11-5-3-4-10(14)8-11/h3-5,8,15H,1-2,6-7,9H2. The van der Waals surface area contributed by atoms with Crippen molar-refractivity contribution in [3.63, 3.8) is 0 Å². The number of benzene rings is 1. The minimum Gasteiger partial charge on any atom is -0.207 e. The van der Waals surface area contributed by atoms with Gasteiger partial charge in [-0.1, -0.05) is 46.4 Å². The average Bonchev–Trinajstić information content (AvgIpc) is 2.77. The highest BCUT2D eigenvalue weighted by molar-refractivity contribution is 9.09. The molecule has 0 aromatic heterocycles. The van der Waals surface area contributed by atoms with E-state index in [0.717, 1.165) is 25.7 Å². The molecule has 0 heterocycles. The van der Waals surface area contributed by atoms with Crippen molar-refractivity contribution in [2.24, 2.45) is 0 Å². The second-order valence-corrected chi connectivity index (χ2v) is 7.36. The fourth-order valence-corrected chi connectivity index (χ4v) is 4.94. The van der Waals surface area contributed by atoms with E-state index in [1.54, 1.807) is 18.2 Å². The minimum atomic E-state index is -3.50. The number of rotatable bonds is 4. The van der Waals surface area contributed by atoms with Gasteiger partial charge >= 0.3 is 0 Å². The molecule has 100 valence electrons. The van der Waals surface area contributed by atoms with Crippen LogP contribution < -0.4 is 4.72 Å². The van der Waals surface area contributed by atoms with E-state index in [0.29, 0.717) is 10.4 Å². The van der Waals surface area contributed by atoms with Crippen molar-refractivity contribution in [3.05, 3.63) is 29.3 Å². The molecule has 18 heavy (non-hydrogen) atoms. The third-order valence-electron chi connectivity index (χ3n) is 3.27. The van der Waals surface area contributed by atoms with Gasteiger partial charge in [0.25, 0.3) is 0 Å². The van der Waals surface area contributed by atoms with Gasteiger partial charge in [0.1, 0.15) is 0 Å². The summed E-state index contributed by atoms with van der Waals surface area (Å²) in [6.45, 7) is 0. The SMILES string of the molecule is O=S(=O)(NC1(CBr)CCCC1)c1cccc(Cl)c1. The molecule has 1 saturated carbocycles. The smallest absolute Gasteiger partial charge is 0.207 e. The molecule has 0 saturated heterocycles.